The third-order valence-electron chi connectivity index (χ3n) is 3.16. The van der Waals surface area contributed by atoms with E-state index in [-0.39, 0.29) is 11.7 Å². The fraction of sp³-hybridized carbons (Fsp3) is 0.308. The minimum absolute atomic E-state index is 0.144. The predicted molar refractivity (Wildman–Crippen MR) is 69.8 cm³/mol. The van der Waals surface area contributed by atoms with Gasteiger partial charge in [0.25, 0.3) is 5.91 Å². The number of imide groups is 1. The molecule has 0 bridgehead atoms. The number of phenols is 1. The molecule has 1 unspecified atom stereocenters. The first-order valence-electron chi connectivity index (χ1n) is 5.96. The number of carbonyl (C=O) groups excluding carboxylic acids is 2. The highest BCUT2D eigenvalue weighted by Crippen LogP contribution is 2.20. The van der Waals surface area contributed by atoms with Crippen molar-refractivity contribution in [3.8, 4) is 5.75 Å². The number of aromatic hydroxyl groups is 1. The van der Waals surface area contributed by atoms with Gasteiger partial charge in [-0.1, -0.05) is 6.92 Å². The molecule has 1 atom stereocenters. The predicted octanol–water partition coefficient (Wildman–Crippen LogP) is 1.45. The molecule has 1 aromatic rings. The van der Waals surface area contributed by atoms with Gasteiger partial charge < -0.3 is 10.4 Å². The number of hydrogen-bond donors (Lipinski definition) is 2. The number of nitrogens with zero attached hydrogens (tertiary/aromatic N) is 2. The Morgan fingerprint density at radius 2 is 2.00 bits per heavy atom. The summed E-state index contributed by atoms with van der Waals surface area (Å²) in [4.78, 5) is 23.7. The van der Waals surface area contributed by atoms with Crippen LogP contribution in [0.2, 0.25) is 0 Å². The van der Waals surface area contributed by atoms with Gasteiger partial charge in [0.2, 0.25) is 0 Å². The van der Waals surface area contributed by atoms with Crippen molar-refractivity contribution in [2.45, 2.75) is 25.8 Å². The molecule has 1 fully saturated rings. The Kier molecular flexibility index (Phi) is 3.25. The Morgan fingerprint density at radius 3 is 2.53 bits per heavy atom. The first-order valence-corrected chi connectivity index (χ1v) is 5.96. The quantitative estimate of drug-likeness (QED) is 0.638. The van der Waals surface area contributed by atoms with E-state index in [0.717, 1.165) is 5.01 Å². The molecular formula is C13H15N3O3. The maximum Gasteiger partial charge on any atom is 0.346 e. The van der Waals surface area contributed by atoms with E-state index in [1.165, 1.54) is 18.3 Å². The van der Waals surface area contributed by atoms with Crippen molar-refractivity contribution in [2.75, 3.05) is 0 Å². The summed E-state index contributed by atoms with van der Waals surface area (Å²) in [6.45, 7) is 3.49. The lowest BCUT2D eigenvalue weighted by molar-refractivity contribution is -0.130. The summed E-state index contributed by atoms with van der Waals surface area (Å²) in [5, 5.41) is 16.5. The Hall–Kier alpha value is -2.37. The van der Waals surface area contributed by atoms with Gasteiger partial charge in [-0.25, -0.2) is 4.79 Å². The molecule has 100 valence electrons. The molecular weight excluding hydrogens is 246 g/mol. The number of phenolic OH excluding ortho intramolecular Hbond substituents is 1. The zero-order valence-electron chi connectivity index (χ0n) is 10.8. The van der Waals surface area contributed by atoms with Crippen LogP contribution < -0.4 is 5.32 Å². The van der Waals surface area contributed by atoms with E-state index in [9.17, 15) is 9.59 Å². The lowest BCUT2D eigenvalue weighted by Gasteiger charge is -2.17. The second-order valence-electron chi connectivity index (χ2n) is 4.57. The molecule has 0 spiro atoms. The van der Waals surface area contributed by atoms with E-state index in [4.69, 9.17) is 5.11 Å². The minimum Gasteiger partial charge on any atom is -0.508 e. The van der Waals surface area contributed by atoms with Crippen molar-refractivity contribution >= 4 is 18.2 Å². The molecule has 3 amide bonds. The highest BCUT2D eigenvalue weighted by molar-refractivity contribution is 6.07. The van der Waals surface area contributed by atoms with Gasteiger partial charge in [0, 0.05) is 0 Å². The average Bonchev–Trinajstić information content (AvgIpc) is 2.61. The molecule has 6 heteroatoms. The first-order chi connectivity index (χ1) is 8.96. The molecule has 6 nitrogen and oxygen atoms in total. The summed E-state index contributed by atoms with van der Waals surface area (Å²) < 4.78 is 0. The second-order valence-corrected chi connectivity index (χ2v) is 4.57. The van der Waals surface area contributed by atoms with E-state index >= 15 is 0 Å². The van der Waals surface area contributed by atoms with Crippen LogP contribution in [0.5, 0.6) is 5.75 Å². The largest absolute Gasteiger partial charge is 0.508 e. The maximum atomic E-state index is 12.0. The van der Waals surface area contributed by atoms with E-state index in [0.29, 0.717) is 12.0 Å². The molecule has 2 N–H and O–H groups in total. The van der Waals surface area contributed by atoms with Crippen LogP contribution in [0.25, 0.3) is 0 Å². The van der Waals surface area contributed by atoms with Crippen molar-refractivity contribution in [2.24, 2.45) is 5.10 Å². The van der Waals surface area contributed by atoms with Gasteiger partial charge >= 0.3 is 6.03 Å². The van der Waals surface area contributed by atoms with Gasteiger partial charge in [-0.15, -0.1) is 5.01 Å². The van der Waals surface area contributed by atoms with Gasteiger partial charge in [-0.2, -0.15) is 5.10 Å². The second kappa shape index (κ2) is 4.72. The summed E-state index contributed by atoms with van der Waals surface area (Å²) in [6.07, 6.45) is 1.90. The maximum absolute atomic E-state index is 12.0. The Morgan fingerprint density at radius 1 is 1.37 bits per heavy atom. The number of carbonyl (C=O) groups is 2. The number of amides is 3. The van der Waals surface area contributed by atoms with Gasteiger partial charge in [-0.3, -0.25) is 4.79 Å². The standard InChI is InChI=1S/C13H15N3O3/c1-3-13(2)11(18)16(12(19)15-13)14-8-9-4-6-10(17)7-5-9/h4-8,17H,3H2,1-2H3,(H,15,19). The third-order valence-corrected chi connectivity index (χ3v) is 3.16. The highest BCUT2D eigenvalue weighted by atomic mass is 16.3. The van der Waals surface area contributed by atoms with E-state index in [1.807, 2.05) is 6.92 Å². The smallest absolute Gasteiger partial charge is 0.346 e. The van der Waals surface area contributed by atoms with E-state index in [2.05, 4.69) is 10.4 Å². The molecule has 0 aliphatic carbocycles. The van der Waals surface area contributed by atoms with Crippen LogP contribution >= 0.6 is 0 Å². The van der Waals surface area contributed by atoms with Gasteiger partial charge in [-0.05, 0) is 43.2 Å². The highest BCUT2D eigenvalue weighted by Gasteiger charge is 2.46. The average molecular weight is 261 g/mol. The summed E-state index contributed by atoms with van der Waals surface area (Å²) >= 11 is 0. The topological polar surface area (TPSA) is 82.0 Å². The van der Waals surface area contributed by atoms with Gasteiger partial charge in [0.05, 0.1) is 6.21 Å². The van der Waals surface area contributed by atoms with E-state index < -0.39 is 11.6 Å². The fourth-order valence-electron chi connectivity index (χ4n) is 1.70. The van der Waals surface area contributed by atoms with Crippen molar-refractivity contribution in [1.82, 2.24) is 10.3 Å². The Balaban J connectivity index is 2.17. The SMILES string of the molecule is CCC1(C)NC(=O)N(N=Cc2ccc(O)cc2)C1=O. The van der Waals surface area contributed by atoms with Crippen LogP contribution in [0, 0.1) is 0 Å². The van der Waals surface area contributed by atoms with Crippen LogP contribution in [-0.2, 0) is 4.79 Å². The van der Waals surface area contributed by atoms with Crippen LogP contribution in [0.15, 0.2) is 29.4 Å². The first kappa shape index (κ1) is 13.1. The summed E-state index contributed by atoms with van der Waals surface area (Å²) in [7, 11) is 0. The van der Waals surface area contributed by atoms with Crippen LogP contribution in [0.1, 0.15) is 25.8 Å². The number of hydrogen-bond acceptors (Lipinski definition) is 4. The van der Waals surface area contributed by atoms with Crippen LogP contribution in [-0.4, -0.2) is 33.8 Å². The number of rotatable bonds is 3. The minimum atomic E-state index is -0.886. The molecule has 0 aromatic heterocycles. The normalized spacial score (nSPS) is 23.2. The van der Waals surface area contributed by atoms with Crippen molar-refractivity contribution in [3.63, 3.8) is 0 Å². The number of hydrazone groups is 1. The zero-order chi connectivity index (χ0) is 14.0. The monoisotopic (exact) mass is 261 g/mol. The van der Waals surface area contributed by atoms with Crippen LogP contribution in [0.4, 0.5) is 4.79 Å². The molecule has 1 aliphatic rings. The lowest BCUT2D eigenvalue weighted by Crippen LogP contribution is -2.42. The Labute approximate surface area is 110 Å². The molecule has 19 heavy (non-hydrogen) atoms. The molecule has 1 aromatic carbocycles. The number of nitrogens with one attached hydrogen (secondary N) is 1. The Bertz CT molecular complexity index is 539. The van der Waals surface area contributed by atoms with Crippen molar-refractivity contribution in [3.05, 3.63) is 29.8 Å². The van der Waals surface area contributed by atoms with Gasteiger partial charge in [0.1, 0.15) is 11.3 Å². The summed E-state index contributed by atoms with van der Waals surface area (Å²) in [5.41, 5.74) is -0.202. The third kappa shape index (κ3) is 2.42. The zero-order valence-corrected chi connectivity index (χ0v) is 10.8. The molecule has 1 saturated heterocycles. The van der Waals surface area contributed by atoms with Crippen molar-refractivity contribution < 1.29 is 14.7 Å². The van der Waals surface area contributed by atoms with E-state index in [1.54, 1.807) is 19.1 Å². The molecule has 0 radical (unpaired) electrons. The van der Waals surface area contributed by atoms with Gasteiger partial charge in [0.15, 0.2) is 0 Å². The summed E-state index contributed by atoms with van der Waals surface area (Å²) in [5.74, 6) is -0.222. The van der Waals surface area contributed by atoms with Crippen LogP contribution in [0.3, 0.4) is 0 Å². The fourth-order valence-corrected chi connectivity index (χ4v) is 1.70. The van der Waals surface area contributed by atoms with Crippen molar-refractivity contribution in [1.29, 1.82) is 0 Å². The lowest BCUT2D eigenvalue weighted by atomic mass is 10.00. The molecule has 1 aliphatic heterocycles. The molecule has 0 saturated carbocycles. The number of benzene rings is 1. The molecule has 1 heterocycles. The summed E-state index contributed by atoms with van der Waals surface area (Å²) in [6, 6.07) is 5.75. The number of urea groups is 1. The molecule has 2 rings (SSSR count).